The van der Waals surface area contributed by atoms with Crippen LogP contribution in [-0.2, 0) is 11.3 Å². The first-order valence-electron chi connectivity index (χ1n) is 9.44. The number of rotatable bonds is 5. The molecule has 1 aromatic rings. The number of aliphatic hydroxyl groups excluding tert-OH is 1. The molecule has 2 aliphatic rings. The van der Waals surface area contributed by atoms with Gasteiger partial charge in [0.05, 0.1) is 17.1 Å². The van der Waals surface area contributed by atoms with E-state index in [1.807, 2.05) is 18.1 Å². The molecule has 1 atom stereocenters. The molecule has 26 heavy (non-hydrogen) atoms. The Morgan fingerprint density at radius 2 is 1.96 bits per heavy atom. The first-order valence-corrected chi connectivity index (χ1v) is 10.8. The Bertz CT molecular complexity index is 619. The normalized spacial score (nSPS) is 23.3. The van der Waals surface area contributed by atoms with Crippen molar-refractivity contribution in [3.05, 3.63) is 23.8 Å². The second kappa shape index (κ2) is 8.67. The van der Waals surface area contributed by atoms with Gasteiger partial charge < -0.3 is 10.0 Å². The SMILES string of the molecule is CSCC(=O)N1CCC2(CCN(Cc3nccnc3C)CC2)C(CO)C1. The number of carbonyl (C=O) groups is 1. The first-order chi connectivity index (χ1) is 12.6. The molecule has 1 spiro atoms. The average molecular weight is 379 g/mol. The van der Waals surface area contributed by atoms with Crippen LogP contribution in [0.3, 0.4) is 0 Å². The number of piperidine rings is 2. The lowest BCUT2D eigenvalue weighted by atomic mass is 9.64. The van der Waals surface area contributed by atoms with Gasteiger partial charge in [-0.1, -0.05) is 0 Å². The summed E-state index contributed by atoms with van der Waals surface area (Å²) in [4.78, 5) is 25.4. The van der Waals surface area contributed by atoms with Gasteiger partial charge in [-0.3, -0.25) is 19.7 Å². The van der Waals surface area contributed by atoms with Crippen molar-refractivity contribution in [3.8, 4) is 0 Å². The molecule has 144 valence electrons. The van der Waals surface area contributed by atoms with E-state index in [0.29, 0.717) is 12.3 Å². The maximum absolute atomic E-state index is 12.2. The Labute approximate surface area is 160 Å². The van der Waals surface area contributed by atoms with E-state index in [0.717, 1.165) is 56.8 Å². The number of thioether (sulfide) groups is 1. The summed E-state index contributed by atoms with van der Waals surface area (Å²) in [6.45, 7) is 6.61. The average Bonchev–Trinajstić information content (AvgIpc) is 2.66. The number of hydrogen-bond acceptors (Lipinski definition) is 6. The van der Waals surface area contributed by atoms with E-state index in [2.05, 4.69) is 14.9 Å². The molecular weight excluding hydrogens is 348 g/mol. The third-order valence-corrected chi connectivity index (χ3v) is 6.77. The molecule has 0 radical (unpaired) electrons. The molecule has 1 amide bonds. The van der Waals surface area contributed by atoms with Gasteiger partial charge in [0.1, 0.15) is 0 Å². The van der Waals surface area contributed by atoms with Crippen LogP contribution in [0.1, 0.15) is 30.7 Å². The van der Waals surface area contributed by atoms with E-state index >= 15 is 0 Å². The van der Waals surface area contributed by atoms with E-state index in [1.54, 1.807) is 24.2 Å². The molecule has 3 heterocycles. The number of aliphatic hydroxyl groups is 1. The van der Waals surface area contributed by atoms with Crippen LogP contribution in [-0.4, -0.2) is 75.6 Å². The number of amides is 1. The number of hydrogen-bond donors (Lipinski definition) is 1. The number of aryl methyl sites for hydroxylation is 1. The standard InChI is InChI=1S/C19H30N4O2S/c1-15-17(21-7-6-20-15)12-22-8-3-19(4-9-22)5-10-23(11-16(19)13-24)18(25)14-26-2/h6-7,16,24H,3-5,8-14H2,1-2H3. The van der Waals surface area contributed by atoms with Gasteiger partial charge in [0.15, 0.2) is 0 Å². The minimum Gasteiger partial charge on any atom is -0.396 e. The van der Waals surface area contributed by atoms with E-state index in [-0.39, 0.29) is 23.8 Å². The third-order valence-electron chi connectivity index (χ3n) is 6.24. The van der Waals surface area contributed by atoms with E-state index in [9.17, 15) is 9.90 Å². The molecule has 0 saturated carbocycles. The van der Waals surface area contributed by atoms with Crippen molar-refractivity contribution < 1.29 is 9.90 Å². The minimum atomic E-state index is 0.173. The lowest BCUT2D eigenvalue weighted by molar-refractivity contribution is -0.135. The fraction of sp³-hybridized carbons (Fsp3) is 0.737. The van der Waals surface area contributed by atoms with Gasteiger partial charge >= 0.3 is 0 Å². The Hall–Kier alpha value is -1.18. The van der Waals surface area contributed by atoms with Crippen LogP contribution < -0.4 is 0 Å². The molecular formula is C19H30N4O2S. The van der Waals surface area contributed by atoms with E-state index < -0.39 is 0 Å². The van der Waals surface area contributed by atoms with Gasteiger partial charge in [0.25, 0.3) is 0 Å². The fourth-order valence-electron chi connectivity index (χ4n) is 4.42. The van der Waals surface area contributed by atoms with Crippen LogP contribution in [0.5, 0.6) is 0 Å². The summed E-state index contributed by atoms with van der Waals surface area (Å²) in [5.41, 5.74) is 2.24. The highest BCUT2D eigenvalue weighted by atomic mass is 32.2. The highest BCUT2D eigenvalue weighted by Gasteiger charge is 2.45. The maximum atomic E-state index is 12.2. The zero-order chi connectivity index (χ0) is 18.6. The molecule has 2 fully saturated rings. The molecule has 2 saturated heterocycles. The maximum Gasteiger partial charge on any atom is 0.232 e. The predicted octanol–water partition coefficient (Wildman–Crippen LogP) is 1.57. The van der Waals surface area contributed by atoms with Crippen LogP contribution in [0.15, 0.2) is 12.4 Å². The Kier molecular flexibility index (Phi) is 6.53. The second-order valence-electron chi connectivity index (χ2n) is 7.63. The number of likely N-dealkylation sites (tertiary alicyclic amines) is 2. The number of carbonyl (C=O) groups excluding carboxylic acids is 1. The van der Waals surface area contributed by atoms with Gasteiger partial charge in [-0.05, 0) is 50.9 Å². The monoisotopic (exact) mass is 378 g/mol. The van der Waals surface area contributed by atoms with Gasteiger partial charge in [-0.2, -0.15) is 11.8 Å². The summed E-state index contributed by atoms with van der Waals surface area (Å²) in [6.07, 6.45) is 8.64. The zero-order valence-electron chi connectivity index (χ0n) is 15.9. The molecule has 1 unspecified atom stereocenters. The van der Waals surface area contributed by atoms with Crippen molar-refractivity contribution in [1.29, 1.82) is 0 Å². The summed E-state index contributed by atoms with van der Waals surface area (Å²) in [7, 11) is 0. The van der Waals surface area contributed by atoms with Crippen molar-refractivity contribution >= 4 is 17.7 Å². The Morgan fingerprint density at radius 1 is 1.27 bits per heavy atom. The molecule has 3 rings (SSSR count). The lowest BCUT2D eigenvalue weighted by Gasteiger charge is -2.51. The van der Waals surface area contributed by atoms with Crippen molar-refractivity contribution in [2.75, 3.05) is 44.8 Å². The van der Waals surface area contributed by atoms with Crippen molar-refractivity contribution in [2.45, 2.75) is 32.7 Å². The predicted molar refractivity (Wildman–Crippen MR) is 104 cm³/mol. The molecule has 1 N–H and O–H groups in total. The molecule has 0 aliphatic carbocycles. The quantitative estimate of drug-likeness (QED) is 0.839. The van der Waals surface area contributed by atoms with E-state index in [4.69, 9.17) is 0 Å². The fourth-order valence-corrected chi connectivity index (χ4v) is 4.85. The highest BCUT2D eigenvalue weighted by Crippen LogP contribution is 2.45. The summed E-state index contributed by atoms with van der Waals surface area (Å²) >= 11 is 1.57. The molecule has 2 aliphatic heterocycles. The largest absolute Gasteiger partial charge is 0.396 e. The van der Waals surface area contributed by atoms with E-state index in [1.165, 1.54) is 0 Å². The number of nitrogens with zero attached hydrogens (tertiary/aromatic N) is 4. The number of aromatic nitrogens is 2. The van der Waals surface area contributed by atoms with Gasteiger partial charge in [-0.25, -0.2) is 0 Å². The molecule has 7 heteroatoms. The van der Waals surface area contributed by atoms with Crippen LogP contribution >= 0.6 is 11.8 Å². The van der Waals surface area contributed by atoms with Gasteiger partial charge in [-0.15, -0.1) is 0 Å². The van der Waals surface area contributed by atoms with Crippen LogP contribution in [0.25, 0.3) is 0 Å². The van der Waals surface area contributed by atoms with Crippen molar-refractivity contribution in [1.82, 2.24) is 19.8 Å². The topological polar surface area (TPSA) is 69.6 Å². The molecule has 6 nitrogen and oxygen atoms in total. The Balaban J connectivity index is 1.59. The second-order valence-corrected chi connectivity index (χ2v) is 8.50. The van der Waals surface area contributed by atoms with Crippen LogP contribution in [0.4, 0.5) is 0 Å². The minimum absolute atomic E-state index is 0.173. The highest BCUT2D eigenvalue weighted by molar-refractivity contribution is 7.99. The molecule has 1 aromatic heterocycles. The van der Waals surface area contributed by atoms with Crippen LogP contribution in [0.2, 0.25) is 0 Å². The summed E-state index contributed by atoms with van der Waals surface area (Å²) in [5.74, 6) is 0.944. The van der Waals surface area contributed by atoms with Gasteiger partial charge in [0, 0.05) is 44.6 Å². The van der Waals surface area contributed by atoms with Gasteiger partial charge in [0.2, 0.25) is 5.91 Å². The van der Waals surface area contributed by atoms with Crippen molar-refractivity contribution in [3.63, 3.8) is 0 Å². The van der Waals surface area contributed by atoms with Crippen LogP contribution in [0, 0.1) is 18.3 Å². The lowest BCUT2D eigenvalue weighted by Crippen LogP contribution is -2.54. The summed E-state index contributed by atoms with van der Waals surface area (Å²) in [6, 6.07) is 0. The summed E-state index contributed by atoms with van der Waals surface area (Å²) < 4.78 is 0. The summed E-state index contributed by atoms with van der Waals surface area (Å²) in [5, 5.41) is 10.0. The zero-order valence-corrected chi connectivity index (χ0v) is 16.7. The molecule has 0 bridgehead atoms. The first kappa shape index (κ1) is 19.6. The Morgan fingerprint density at radius 3 is 2.62 bits per heavy atom. The third kappa shape index (κ3) is 4.21. The smallest absolute Gasteiger partial charge is 0.232 e. The molecule has 0 aromatic carbocycles. The van der Waals surface area contributed by atoms with Crippen molar-refractivity contribution in [2.24, 2.45) is 11.3 Å².